The van der Waals surface area contributed by atoms with Crippen molar-refractivity contribution in [3.8, 4) is 0 Å². The van der Waals surface area contributed by atoms with Crippen LogP contribution < -0.4 is 4.90 Å². The molecule has 0 N–H and O–H groups in total. The molecule has 0 aromatic heterocycles. The van der Waals surface area contributed by atoms with Crippen LogP contribution in [-0.4, -0.2) is 19.4 Å². The van der Waals surface area contributed by atoms with Gasteiger partial charge in [-0.2, -0.15) is 0 Å². The Balaban J connectivity index is 2.98. The van der Waals surface area contributed by atoms with Gasteiger partial charge in [0.25, 0.3) is 0 Å². The van der Waals surface area contributed by atoms with Crippen LogP contribution in [-0.2, 0) is 0 Å². The molecule has 0 aliphatic heterocycles. The Labute approximate surface area is 105 Å². The van der Waals surface area contributed by atoms with Crippen LogP contribution in [0.4, 0.5) is 5.69 Å². The topological polar surface area (TPSA) is 20.3 Å². The molecule has 17 heavy (non-hydrogen) atoms. The van der Waals surface area contributed by atoms with E-state index in [0.29, 0.717) is 11.8 Å². The molecule has 0 unspecified atom stereocenters. The zero-order chi connectivity index (χ0) is 12.8. The first-order valence-corrected chi connectivity index (χ1v) is 6.33. The fourth-order valence-corrected chi connectivity index (χ4v) is 2.03. The van der Waals surface area contributed by atoms with Crippen LogP contribution in [0.2, 0.25) is 0 Å². The van der Waals surface area contributed by atoms with E-state index in [1.54, 1.807) is 0 Å². The first-order valence-electron chi connectivity index (χ1n) is 6.33. The van der Waals surface area contributed by atoms with Crippen LogP contribution in [0.3, 0.4) is 0 Å². The van der Waals surface area contributed by atoms with Crippen molar-refractivity contribution in [2.75, 3.05) is 18.0 Å². The monoisotopic (exact) mass is 233 g/mol. The fourth-order valence-electron chi connectivity index (χ4n) is 2.03. The number of rotatable bonds is 6. The molecule has 0 spiro atoms. The molecule has 1 aromatic rings. The van der Waals surface area contributed by atoms with Crippen LogP contribution >= 0.6 is 0 Å². The van der Waals surface area contributed by atoms with E-state index < -0.39 is 0 Å². The number of benzene rings is 1. The summed E-state index contributed by atoms with van der Waals surface area (Å²) in [6.07, 6.45) is 0.947. The van der Waals surface area contributed by atoms with Crippen molar-refractivity contribution in [2.24, 2.45) is 11.8 Å². The van der Waals surface area contributed by atoms with E-state index in [9.17, 15) is 4.79 Å². The maximum absolute atomic E-state index is 11.1. The average Bonchev–Trinajstić information content (AvgIpc) is 2.27. The summed E-state index contributed by atoms with van der Waals surface area (Å²) in [4.78, 5) is 13.4. The lowest BCUT2D eigenvalue weighted by Gasteiger charge is -2.29. The second kappa shape index (κ2) is 6.43. The molecule has 2 heteroatoms. The van der Waals surface area contributed by atoms with E-state index in [4.69, 9.17) is 0 Å². The third kappa shape index (κ3) is 4.22. The summed E-state index contributed by atoms with van der Waals surface area (Å²) >= 11 is 0. The molecule has 0 saturated heterocycles. The number of hydrogen-bond donors (Lipinski definition) is 0. The molecule has 0 atom stereocenters. The Kier molecular flexibility index (Phi) is 5.20. The van der Waals surface area contributed by atoms with Gasteiger partial charge in [0.05, 0.1) is 0 Å². The fraction of sp³-hybridized carbons (Fsp3) is 0.533. The third-order valence-electron chi connectivity index (χ3n) is 2.58. The Hall–Kier alpha value is -1.31. The predicted octanol–water partition coefficient (Wildman–Crippen LogP) is 3.62. The van der Waals surface area contributed by atoms with Crippen LogP contribution in [0.25, 0.3) is 0 Å². The summed E-state index contributed by atoms with van der Waals surface area (Å²) in [5.41, 5.74) is 1.85. The summed E-state index contributed by atoms with van der Waals surface area (Å²) in [5, 5.41) is 0. The average molecular weight is 233 g/mol. The molecule has 0 heterocycles. The predicted molar refractivity (Wildman–Crippen MR) is 73.7 cm³/mol. The number of anilines is 1. The van der Waals surface area contributed by atoms with Gasteiger partial charge in [-0.15, -0.1) is 0 Å². The van der Waals surface area contributed by atoms with Gasteiger partial charge in [0.2, 0.25) is 0 Å². The quantitative estimate of drug-likeness (QED) is 0.699. The smallest absolute Gasteiger partial charge is 0.152 e. The minimum Gasteiger partial charge on any atom is -0.370 e. The number of carbonyl (C=O) groups excluding carboxylic acids is 1. The summed E-state index contributed by atoms with van der Waals surface area (Å²) in [6, 6.07) is 7.83. The van der Waals surface area contributed by atoms with Gasteiger partial charge in [-0.3, -0.25) is 4.79 Å². The summed E-state index contributed by atoms with van der Waals surface area (Å²) < 4.78 is 0. The summed E-state index contributed by atoms with van der Waals surface area (Å²) in [6.45, 7) is 10.8. The first-order chi connectivity index (χ1) is 8.04. The van der Waals surface area contributed by atoms with Crippen LogP contribution in [0.5, 0.6) is 0 Å². The summed E-state index contributed by atoms with van der Waals surface area (Å²) in [5.74, 6) is 1.18. The van der Waals surface area contributed by atoms with E-state index >= 15 is 0 Å². The molecule has 94 valence electrons. The number of nitrogens with zero attached hydrogens (tertiary/aromatic N) is 1. The van der Waals surface area contributed by atoms with E-state index in [-0.39, 0.29) is 0 Å². The molecule has 0 bridgehead atoms. The number of carbonyl (C=O) groups is 1. The van der Waals surface area contributed by atoms with E-state index in [1.807, 2.05) is 24.3 Å². The van der Waals surface area contributed by atoms with Crippen LogP contribution in [0.1, 0.15) is 38.1 Å². The number of aldehydes is 1. The number of para-hydroxylation sites is 1. The van der Waals surface area contributed by atoms with Crippen LogP contribution in [0.15, 0.2) is 24.3 Å². The molecule has 0 radical (unpaired) electrons. The largest absolute Gasteiger partial charge is 0.370 e. The third-order valence-corrected chi connectivity index (χ3v) is 2.58. The van der Waals surface area contributed by atoms with Gasteiger partial charge in [-0.25, -0.2) is 0 Å². The van der Waals surface area contributed by atoms with Gasteiger partial charge in [-0.1, -0.05) is 39.8 Å². The Morgan fingerprint density at radius 1 is 1.06 bits per heavy atom. The van der Waals surface area contributed by atoms with Crippen molar-refractivity contribution >= 4 is 12.0 Å². The Bertz CT molecular complexity index is 348. The minimum absolute atomic E-state index is 0.591. The molecule has 0 amide bonds. The van der Waals surface area contributed by atoms with Crippen molar-refractivity contribution in [2.45, 2.75) is 27.7 Å². The molecular formula is C15H23NO. The van der Waals surface area contributed by atoms with Gasteiger partial charge in [-0.05, 0) is 24.0 Å². The lowest BCUT2D eigenvalue weighted by molar-refractivity contribution is 0.112. The van der Waals surface area contributed by atoms with Gasteiger partial charge >= 0.3 is 0 Å². The molecule has 0 aliphatic carbocycles. The van der Waals surface area contributed by atoms with E-state index in [0.717, 1.165) is 30.6 Å². The Morgan fingerprint density at radius 2 is 1.59 bits per heavy atom. The Morgan fingerprint density at radius 3 is 2.06 bits per heavy atom. The maximum Gasteiger partial charge on any atom is 0.152 e. The highest BCUT2D eigenvalue weighted by molar-refractivity contribution is 5.84. The summed E-state index contributed by atoms with van der Waals surface area (Å²) in [7, 11) is 0. The van der Waals surface area contributed by atoms with Gasteiger partial charge in [0, 0.05) is 24.3 Å². The lowest BCUT2D eigenvalue weighted by Crippen LogP contribution is -2.32. The molecular weight excluding hydrogens is 210 g/mol. The SMILES string of the molecule is CC(C)CN(CC(C)C)c1ccccc1C=O. The second-order valence-electron chi connectivity index (χ2n) is 5.37. The standard InChI is InChI=1S/C15H23NO/c1-12(2)9-16(10-13(3)4)15-8-6-5-7-14(15)11-17/h5-8,11-13H,9-10H2,1-4H3. The van der Waals surface area contributed by atoms with Gasteiger partial charge in [0.15, 0.2) is 6.29 Å². The highest BCUT2D eigenvalue weighted by atomic mass is 16.1. The van der Waals surface area contributed by atoms with Crippen molar-refractivity contribution in [3.63, 3.8) is 0 Å². The first kappa shape index (κ1) is 13.8. The zero-order valence-electron chi connectivity index (χ0n) is 11.3. The van der Waals surface area contributed by atoms with Gasteiger partial charge in [0.1, 0.15) is 0 Å². The van der Waals surface area contributed by atoms with Crippen molar-refractivity contribution in [3.05, 3.63) is 29.8 Å². The zero-order valence-corrected chi connectivity index (χ0v) is 11.3. The molecule has 1 rings (SSSR count). The second-order valence-corrected chi connectivity index (χ2v) is 5.37. The van der Waals surface area contributed by atoms with Crippen LogP contribution in [0, 0.1) is 11.8 Å². The maximum atomic E-state index is 11.1. The lowest BCUT2D eigenvalue weighted by atomic mass is 10.1. The molecule has 0 saturated carbocycles. The minimum atomic E-state index is 0.591. The van der Waals surface area contributed by atoms with E-state index in [2.05, 4.69) is 32.6 Å². The van der Waals surface area contributed by atoms with Crippen molar-refractivity contribution in [1.29, 1.82) is 0 Å². The van der Waals surface area contributed by atoms with Crippen molar-refractivity contribution < 1.29 is 4.79 Å². The number of hydrogen-bond acceptors (Lipinski definition) is 2. The molecule has 1 aromatic carbocycles. The molecule has 0 fully saturated rings. The normalized spacial score (nSPS) is 10.9. The molecule has 2 nitrogen and oxygen atoms in total. The van der Waals surface area contributed by atoms with Gasteiger partial charge < -0.3 is 4.90 Å². The van der Waals surface area contributed by atoms with E-state index in [1.165, 1.54) is 0 Å². The van der Waals surface area contributed by atoms with Crippen molar-refractivity contribution in [1.82, 2.24) is 0 Å². The molecule has 0 aliphatic rings. The highest BCUT2D eigenvalue weighted by Gasteiger charge is 2.13. The highest BCUT2D eigenvalue weighted by Crippen LogP contribution is 2.21.